The van der Waals surface area contributed by atoms with Crippen molar-refractivity contribution in [2.75, 3.05) is 6.61 Å². The summed E-state index contributed by atoms with van der Waals surface area (Å²) in [6, 6.07) is 9.90. The standard InChI is InChI=1S/C16H22O4/c1-2-6-15-16(18)14(17)9-13(20-15)11-19-10-12-7-4-3-5-8-12/h2-5,7-8,13-18H,1,6,9-11H2/t13-,14-,15+,16-/m0/s1. The van der Waals surface area contributed by atoms with E-state index in [4.69, 9.17) is 9.47 Å². The van der Waals surface area contributed by atoms with E-state index in [0.717, 1.165) is 5.56 Å². The third-order valence-corrected chi connectivity index (χ3v) is 3.46. The molecule has 0 unspecified atom stereocenters. The van der Waals surface area contributed by atoms with E-state index in [-0.39, 0.29) is 6.10 Å². The van der Waals surface area contributed by atoms with Gasteiger partial charge in [-0.25, -0.2) is 0 Å². The van der Waals surface area contributed by atoms with E-state index in [2.05, 4.69) is 6.58 Å². The van der Waals surface area contributed by atoms with Crippen LogP contribution >= 0.6 is 0 Å². The van der Waals surface area contributed by atoms with Crippen LogP contribution in [0.1, 0.15) is 18.4 Å². The molecule has 1 aliphatic rings. The maximum Gasteiger partial charge on any atom is 0.106 e. The number of rotatable bonds is 6. The van der Waals surface area contributed by atoms with Gasteiger partial charge in [-0.15, -0.1) is 6.58 Å². The third kappa shape index (κ3) is 4.15. The number of aliphatic hydroxyl groups excluding tert-OH is 2. The maximum absolute atomic E-state index is 9.84. The fraction of sp³-hybridized carbons (Fsp3) is 0.500. The van der Waals surface area contributed by atoms with Crippen LogP contribution < -0.4 is 0 Å². The summed E-state index contributed by atoms with van der Waals surface area (Å²) in [6.45, 7) is 4.57. The molecule has 4 atom stereocenters. The van der Waals surface area contributed by atoms with Crippen LogP contribution in [0.4, 0.5) is 0 Å². The van der Waals surface area contributed by atoms with Gasteiger partial charge < -0.3 is 19.7 Å². The van der Waals surface area contributed by atoms with Crippen LogP contribution in [0.5, 0.6) is 0 Å². The lowest BCUT2D eigenvalue weighted by molar-refractivity contribution is -0.180. The van der Waals surface area contributed by atoms with Gasteiger partial charge in [0, 0.05) is 6.42 Å². The summed E-state index contributed by atoms with van der Waals surface area (Å²) in [7, 11) is 0. The van der Waals surface area contributed by atoms with Gasteiger partial charge in [-0.2, -0.15) is 0 Å². The van der Waals surface area contributed by atoms with Crippen molar-refractivity contribution in [2.24, 2.45) is 0 Å². The highest BCUT2D eigenvalue weighted by molar-refractivity contribution is 5.13. The van der Waals surface area contributed by atoms with Gasteiger partial charge in [0.25, 0.3) is 0 Å². The number of benzene rings is 1. The predicted molar refractivity (Wildman–Crippen MR) is 76.2 cm³/mol. The normalized spacial score (nSPS) is 30.1. The summed E-state index contributed by atoms with van der Waals surface area (Å²) >= 11 is 0. The van der Waals surface area contributed by atoms with Crippen molar-refractivity contribution < 1.29 is 19.7 Å². The second kappa shape index (κ2) is 7.55. The van der Waals surface area contributed by atoms with Crippen LogP contribution in [0.2, 0.25) is 0 Å². The minimum Gasteiger partial charge on any atom is -0.390 e. The molecule has 2 N–H and O–H groups in total. The zero-order valence-electron chi connectivity index (χ0n) is 11.5. The molecule has 1 saturated heterocycles. The Bertz CT molecular complexity index is 406. The number of hydrogen-bond donors (Lipinski definition) is 2. The first-order valence-electron chi connectivity index (χ1n) is 6.95. The minimum atomic E-state index is -0.849. The van der Waals surface area contributed by atoms with Gasteiger partial charge in [-0.3, -0.25) is 0 Å². The highest BCUT2D eigenvalue weighted by Crippen LogP contribution is 2.23. The lowest BCUT2D eigenvalue weighted by Gasteiger charge is -2.36. The molecule has 0 aliphatic carbocycles. The summed E-state index contributed by atoms with van der Waals surface area (Å²) in [5.41, 5.74) is 1.10. The molecular weight excluding hydrogens is 256 g/mol. The molecule has 2 rings (SSSR count). The topological polar surface area (TPSA) is 58.9 Å². The fourth-order valence-corrected chi connectivity index (χ4v) is 2.39. The molecule has 1 heterocycles. The molecule has 110 valence electrons. The summed E-state index contributed by atoms with van der Waals surface area (Å²) in [5, 5.41) is 19.7. The van der Waals surface area contributed by atoms with Gasteiger partial charge in [-0.05, 0) is 12.0 Å². The van der Waals surface area contributed by atoms with Crippen molar-refractivity contribution in [1.29, 1.82) is 0 Å². The summed E-state index contributed by atoms with van der Waals surface area (Å²) in [4.78, 5) is 0. The Hall–Kier alpha value is -1.20. The van der Waals surface area contributed by atoms with E-state index in [1.807, 2.05) is 30.3 Å². The molecule has 0 saturated carbocycles. The van der Waals surface area contributed by atoms with E-state index in [1.165, 1.54) is 0 Å². The Labute approximate surface area is 119 Å². The number of ether oxygens (including phenoxy) is 2. The highest BCUT2D eigenvalue weighted by atomic mass is 16.5. The molecule has 0 radical (unpaired) electrons. The molecule has 1 fully saturated rings. The van der Waals surface area contributed by atoms with E-state index in [1.54, 1.807) is 6.08 Å². The van der Waals surface area contributed by atoms with Gasteiger partial charge >= 0.3 is 0 Å². The zero-order valence-corrected chi connectivity index (χ0v) is 11.5. The third-order valence-electron chi connectivity index (χ3n) is 3.46. The molecule has 1 aliphatic heterocycles. The van der Waals surface area contributed by atoms with Crippen molar-refractivity contribution in [2.45, 2.75) is 43.9 Å². The molecule has 0 aromatic heterocycles. The van der Waals surface area contributed by atoms with E-state index in [0.29, 0.717) is 26.1 Å². The molecule has 4 nitrogen and oxygen atoms in total. The fourth-order valence-electron chi connectivity index (χ4n) is 2.39. The van der Waals surface area contributed by atoms with Crippen molar-refractivity contribution in [3.05, 3.63) is 48.6 Å². The van der Waals surface area contributed by atoms with E-state index >= 15 is 0 Å². The van der Waals surface area contributed by atoms with Gasteiger partial charge in [0.2, 0.25) is 0 Å². The Kier molecular flexibility index (Phi) is 5.73. The van der Waals surface area contributed by atoms with Gasteiger partial charge in [0.05, 0.1) is 31.5 Å². The van der Waals surface area contributed by atoms with Crippen molar-refractivity contribution in [1.82, 2.24) is 0 Å². The summed E-state index contributed by atoms with van der Waals surface area (Å²) in [5.74, 6) is 0. The smallest absolute Gasteiger partial charge is 0.106 e. The van der Waals surface area contributed by atoms with Crippen LogP contribution in [0, 0.1) is 0 Å². The zero-order chi connectivity index (χ0) is 14.4. The number of hydrogen-bond acceptors (Lipinski definition) is 4. The Morgan fingerprint density at radius 1 is 1.30 bits per heavy atom. The Morgan fingerprint density at radius 2 is 2.05 bits per heavy atom. The van der Waals surface area contributed by atoms with Gasteiger partial charge in [0.1, 0.15) is 6.10 Å². The van der Waals surface area contributed by atoms with Crippen LogP contribution in [-0.2, 0) is 16.1 Å². The largest absolute Gasteiger partial charge is 0.390 e. The van der Waals surface area contributed by atoms with E-state index < -0.39 is 18.3 Å². The second-order valence-corrected chi connectivity index (χ2v) is 5.12. The molecule has 1 aromatic rings. The monoisotopic (exact) mass is 278 g/mol. The summed E-state index contributed by atoms with van der Waals surface area (Å²) in [6.07, 6.45) is 0.395. The van der Waals surface area contributed by atoms with Crippen LogP contribution in [0.15, 0.2) is 43.0 Å². The molecular formula is C16H22O4. The van der Waals surface area contributed by atoms with Crippen molar-refractivity contribution in [3.63, 3.8) is 0 Å². The molecule has 1 aromatic carbocycles. The predicted octanol–water partition coefficient (Wildman–Crippen LogP) is 1.66. The average Bonchev–Trinajstić information content (AvgIpc) is 2.45. The first-order valence-corrected chi connectivity index (χ1v) is 6.95. The summed E-state index contributed by atoms with van der Waals surface area (Å²) < 4.78 is 11.4. The Morgan fingerprint density at radius 3 is 2.75 bits per heavy atom. The van der Waals surface area contributed by atoms with Crippen LogP contribution in [-0.4, -0.2) is 41.2 Å². The van der Waals surface area contributed by atoms with Crippen LogP contribution in [0.3, 0.4) is 0 Å². The first-order chi connectivity index (χ1) is 9.70. The molecule has 0 amide bonds. The minimum absolute atomic E-state index is 0.193. The lowest BCUT2D eigenvalue weighted by atomic mass is 9.96. The molecule has 0 spiro atoms. The SMILES string of the molecule is C=CC[C@H]1O[C@H](COCc2ccccc2)C[C@H](O)[C@@H]1O. The molecule has 4 heteroatoms. The van der Waals surface area contributed by atoms with E-state index in [9.17, 15) is 10.2 Å². The van der Waals surface area contributed by atoms with Crippen LogP contribution in [0.25, 0.3) is 0 Å². The van der Waals surface area contributed by atoms with Gasteiger partial charge in [-0.1, -0.05) is 36.4 Å². The highest BCUT2D eigenvalue weighted by Gasteiger charge is 2.35. The number of aliphatic hydroxyl groups is 2. The van der Waals surface area contributed by atoms with Crippen molar-refractivity contribution >= 4 is 0 Å². The maximum atomic E-state index is 9.84. The Balaban J connectivity index is 1.79. The lowest BCUT2D eigenvalue weighted by Crippen LogP contribution is -2.49. The second-order valence-electron chi connectivity index (χ2n) is 5.12. The quantitative estimate of drug-likeness (QED) is 0.777. The average molecular weight is 278 g/mol. The first kappa shape index (κ1) is 15.2. The van der Waals surface area contributed by atoms with Crippen molar-refractivity contribution in [3.8, 4) is 0 Å². The molecule has 20 heavy (non-hydrogen) atoms. The molecule has 0 bridgehead atoms. The van der Waals surface area contributed by atoms with Gasteiger partial charge in [0.15, 0.2) is 0 Å².